The first kappa shape index (κ1) is 14.1. The van der Waals surface area contributed by atoms with Crippen molar-refractivity contribution >= 4 is 0 Å². The molecule has 2 nitrogen and oxygen atoms in total. The summed E-state index contributed by atoms with van der Waals surface area (Å²) in [5.41, 5.74) is 3.57. The molecule has 0 saturated heterocycles. The van der Waals surface area contributed by atoms with E-state index in [4.69, 9.17) is 4.74 Å². The van der Waals surface area contributed by atoms with Crippen molar-refractivity contribution in [3.8, 4) is 11.5 Å². The van der Waals surface area contributed by atoms with Crippen LogP contribution in [-0.2, 0) is 19.4 Å². The smallest absolute Gasteiger partial charge is 0.167 e. The average molecular weight is 285 g/mol. The Hall–Kier alpha value is -1.87. The highest BCUT2D eigenvalue weighted by Gasteiger charge is 2.14. The Bertz CT molecular complexity index is 639. The molecule has 0 amide bonds. The van der Waals surface area contributed by atoms with Gasteiger partial charge in [0.05, 0.1) is 0 Å². The number of nitrogens with one attached hydrogen (secondary N) is 1. The summed E-state index contributed by atoms with van der Waals surface area (Å²) in [6.07, 6.45) is 3.43. The summed E-state index contributed by atoms with van der Waals surface area (Å²) in [5.74, 6) is 0.737. The van der Waals surface area contributed by atoms with Crippen LogP contribution in [0.2, 0.25) is 0 Å². The second-order valence-corrected chi connectivity index (χ2v) is 5.39. The van der Waals surface area contributed by atoms with Gasteiger partial charge in [0.1, 0.15) is 5.75 Å². The van der Waals surface area contributed by atoms with E-state index in [1.165, 1.54) is 23.6 Å². The highest BCUT2D eigenvalue weighted by Crippen LogP contribution is 2.32. The largest absolute Gasteiger partial charge is 0.454 e. The van der Waals surface area contributed by atoms with Crippen molar-refractivity contribution in [2.75, 3.05) is 6.54 Å². The van der Waals surface area contributed by atoms with Gasteiger partial charge in [0.25, 0.3) is 0 Å². The van der Waals surface area contributed by atoms with Crippen molar-refractivity contribution < 1.29 is 9.13 Å². The molecular formula is C18H20FNO. The molecule has 0 unspecified atom stereocenters. The van der Waals surface area contributed by atoms with Crippen LogP contribution in [0.5, 0.6) is 11.5 Å². The molecule has 0 heterocycles. The molecule has 0 bridgehead atoms. The van der Waals surface area contributed by atoms with Crippen LogP contribution in [0.25, 0.3) is 0 Å². The Balaban J connectivity index is 1.87. The van der Waals surface area contributed by atoms with E-state index in [1.807, 2.05) is 25.1 Å². The van der Waals surface area contributed by atoms with Crippen molar-refractivity contribution in [1.29, 1.82) is 0 Å². The fraction of sp³-hybridized carbons (Fsp3) is 0.333. The van der Waals surface area contributed by atoms with E-state index < -0.39 is 0 Å². The standard InChI is InChI=1S/C18H20FNO/c1-2-20-12-15-7-4-8-17(19)18(15)21-16-10-9-13-5-3-6-14(13)11-16/h4,7-11,20H,2-3,5-6,12H2,1H3. The number of hydrogen-bond donors (Lipinski definition) is 1. The Labute approximate surface area is 125 Å². The predicted octanol–water partition coefficient (Wildman–Crippen LogP) is 4.22. The maximum absolute atomic E-state index is 14.1. The number of hydrogen-bond acceptors (Lipinski definition) is 2. The summed E-state index contributed by atoms with van der Waals surface area (Å²) in [5, 5.41) is 3.21. The van der Waals surface area contributed by atoms with Crippen LogP contribution in [0.15, 0.2) is 36.4 Å². The quantitative estimate of drug-likeness (QED) is 0.888. The summed E-state index contributed by atoms with van der Waals surface area (Å²) < 4.78 is 19.9. The monoisotopic (exact) mass is 285 g/mol. The molecule has 2 aromatic rings. The average Bonchev–Trinajstić information content (AvgIpc) is 2.95. The lowest BCUT2D eigenvalue weighted by molar-refractivity contribution is 0.433. The van der Waals surface area contributed by atoms with E-state index in [2.05, 4.69) is 11.4 Å². The first-order valence-electron chi connectivity index (χ1n) is 7.55. The van der Waals surface area contributed by atoms with E-state index in [-0.39, 0.29) is 5.82 Å². The van der Waals surface area contributed by atoms with Crippen molar-refractivity contribution in [1.82, 2.24) is 5.32 Å². The number of aryl methyl sites for hydroxylation is 2. The summed E-state index contributed by atoms with van der Waals surface area (Å²) in [7, 11) is 0. The number of fused-ring (bicyclic) bond motifs is 1. The maximum Gasteiger partial charge on any atom is 0.167 e. The Morgan fingerprint density at radius 2 is 2.00 bits per heavy atom. The molecule has 1 aliphatic carbocycles. The van der Waals surface area contributed by atoms with Gasteiger partial charge in [-0.05, 0) is 55.1 Å². The molecule has 0 spiro atoms. The fourth-order valence-corrected chi connectivity index (χ4v) is 2.80. The van der Waals surface area contributed by atoms with Crippen LogP contribution in [-0.4, -0.2) is 6.54 Å². The van der Waals surface area contributed by atoms with Crippen molar-refractivity contribution in [2.24, 2.45) is 0 Å². The van der Waals surface area contributed by atoms with Gasteiger partial charge < -0.3 is 10.1 Å². The zero-order valence-electron chi connectivity index (χ0n) is 12.3. The van der Waals surface area contributed by atoms with Gasteiger partial charge in [-0.25, -0.2) is 4.39 Å². The van der Waals surface area contributed by atoms with E-state index in [0.717, 1.165) is 30.7 Å². The Kier molecular flexibility index (Phi) is 4.20. The SMILES string of the molecule is CCNCc1cccc(F)c1Oc1ccc2c(c1)CCC2. The molecule has 2 aromatic carbocycles. The van der Waals surface area contributed by atoms with Crippen LogP contribution in [0.1, 0.15) is 30.0 Å². The van der Waals surface area contributed by atoms with Crippen molar-refractivity contribution in [3.63, 3.8) is 0 Å². The molecule has 1 N–H and O–H groups in total. The van der Waals surface area contributed by atoms with Gasteiger partial charge in [0, 0.05) is 12.1 Å². The molecule has 0 saturated carbocycles. The zero-order valence-corrected chi connectivity index (χ0v) is 12.3. The molecule has 21 heavy (non-hydrogen) atoms. The van der Waals surface area contributed by atoms with E-state index in [9.17, 15) is 4.39 Å². The van der Waals surface area contributed by atoms with Gasteiger partial charge in [-0.3, -0.25) is 0 Å². The minimum absolute atomic E-state index is 0.314. The van der Waals surface area contributed by atoms with Crippen molar-refractivity contribution in [2.45, 2.75) is 32.7 Å². The van der Waals surface area contributed by atoms with Gasteiger partial charge >= 0.3 is 0 Å². The first-order valence-corrected chi connectivity index (χ1v) is 7.55. The topological polar surface area (TPSA) is 21.3 Å². The second kappa shape index (κ2) is 6.27. The molecule has 3 rings (SSSR count). The molecule has 3 heteroatoms. The van der Waals surface area contributed by atoms with Crippen LogP contribution in [0, 0.1) is 5.82 Å². The molecule has 0 aliphatic heterocycles. The maximum atomic E-state index is 14.1. The third-order valence-corrected chi connectivity index (χ3v) is 3.90. The Morgan fingerprint density at radius 3 is 2.86 bits per heavy atom. The molecule has 0 aromatic heterocycles. The predicted molar refractivity (Wildman–Crippen MR) is 82.3 cm³/mol. The number of ether oxygens (including phenoxy) is 1. The molecular weight excluding hydrogens is 265 g/mol. The molecule has 0 fully saturated rings. The second-order valence-electron chi connectivity index (χ2n) is 5.39. The summed E-state index contributed by atoms with van der Waals surface area (Å²) in [4.78, 5) is 0. The highest BCUT2D eigenvalue weighted by molar-refractivity contribution is 5.43. The lowest BCUT2D eigenvalue weighted by atomic mass is 10.1. The lowest BCUT2D eigenvalue weighted by Gasteiger charge is -2.13. The number of para-hydroxylation sites is 1. The fourth-order valence-electron chi connectivity index (χ4n) is 2.80. The van der Waals surface area contributed by atoms with E-state index >= 15 is 0 Å². The van der Waals surface area contributed by atoms with Gasteiger partial charge in [0.2, 0.25) is 0 Å². The summed E-state index contributed by atoms with van der Waals surface area (Å²) in [6, 6.07) is 11.1. The van der Waals surface area contributed by atoms with Crippen molar-refractivity contribution in [3.05, 3.63) is 58.9 Å². The van der Waals surface area contributed by atoms with Crippen LogP contribution < -0.4 is 10.1 Å². The Morgan fingerprint density at radius 1 is 1.14 bits per heavy atom. The normalized spacial score (nSPS) is 13.2. The minimum Gasteiger partial charge on any atom is -0.454 e. The third-order valence-electron chi connectivity index (χ3n) is 3.90. The van der Waals surface area contributed by atoms with E-state index in [0.29, 0.717) is 12.3 Å². The number of rotatable bonds is 5. The summed E-state index contributed by atoms with van der Waals surface area (Å²) >= 11 is 0. The van der Waals surface area contributed by atoms with Gasteiger partial charge in [-0.1, -0.05) is 25.1 Å². The molecule has 0 atom stereocenters. The first-order chi connectivity index (χ1) is 10.3. The minimum atomic E-state index is -0.314. The van der Waals surface area contributed by atoms with E-state index in [1.54, 1.807) is 6.07 Å². The van der Waals surface area contributed by atoms with Gasteiger partial charge in [0.15, 0.2) is 11.6 Å². The highest BCUT2D eigenvalue weighted by atomic mass is 19.1. The molecule has 110 valence electrons. The van der Waals surface area contributed by atoms with Crippen LogP contribution >= 0.6 is 0 Å². The van der Waals surface area contributed by atoms with Gasteiger partial charge in [-0.15, -0.1) is 0 Å². The van der Waals surface area contributed by atoms with Crippen LogP contribution in [0.3, 0.4) is 0 Å². The van der Waals surface area contributed by atoms with Gasteiger partial charge in [-0.2, -0.15) is 0 Å². The summed E-state index contributed by atoms with van der Waals surface area (Å²) in [6.45, 7) is 3.48. The lowest BCUT2D eigenvalue weighted by Crippen LogP contribution is -2.12. The third kappa shape index (κ3) is 3.08. The molecule has 1 aliphatic rings. The zero-order chi connectivity index (χ0) is 14.7. The number of halogens is 1. The van der Waals surface area contributed by atoms with Crippen LogP contribution in [0.4, 0.5) is 4.39 Å². The molecule has 0 radical (unpaired) electrons. The number of benzene rings is 2.